The molecule has 2 N–H and O–H groups in total. The molecule has 0 bridgehead atoms. The zero-order valence-corrected chi connectivity index (χ0v) is 18.6. The SMILES string of the molecule is Cc1cc([N+](=O)[O-])ccc1NC(=O)C(C)Sc1cccc(NC(=O)CC(C)(C)C)c1. The van der Waals surface area contributed by atoms with Crippen LogP contribution in [0.2, 0.25) is 0 Å². The summed E-state index contributed by atoms with van der Waals surface area (Å²) in [6.45, 7) is 9.51. The van der Waals surface area contributed by atoms with Gasteiger partial charge in [0.2, 0.25) is 11.8 Å². The summed E-state index contributed by atoms with van der Waals surface area (Å²) >= 11 is 1.37. The van der Waals surface area contributed by atoms with Gasteiger partial charge in [-0.25, -0.2) is 0 Å². The van der Waals surface area contributed by atoms with Gasteiger partial charge >= 0.3 is 0 Å². The number of anilines is 2. The van der Waals surface area contributed by atoms with Gasteiger partial charge in [0, 0.05) is 34.8 Å². The van der Waals surface area contributed by atoms with Gasteiger partial charge < -0.3 is 10.6 Å². The molecule has 0 heterocycles. The lowest BCUT2D eigenvalue weighted by Gasteiger charge is -2.17. The van der Waals surface area contributed by atoms with Gasteiger partial charge in [0.15, 0.2) is 0 Å². The first kappa shape index (κ1) is 23.4. The molecule has 7 nitrogen and oxygen atoms in total. The standard InChI is InChI=1S/C22H27N3O4S/c1-14-11-17(25(28)29)9-10-19(14)24-21(27)15(2)30-18-8-6-7-16(12-18)23-20(26)13-22(3,4)5/h6-12,15H,13H2,1-5H3,(H,23,26)(H,24,27). The van der Waals surface area contributed by atoms with E-state index in [1.54, 1.807) is 13.8 Å². The van der Waals surface area contributed by atoms with E-state index in [2.05, 4.69) is 10.6 Å². The fourth-order valence-electron chi connectivity index (χ4n) is 2.73. The summed E-state index contributed by atoms with van der Waals surface area (Å²) in [5.41, 5.74) is 1.74. The molecule has 0 saturated heterocycles. The Balaban J connectivity index is 2.00. The van der Waals surface area contributed by atoms with Crippen LogP contribution >= 0.6 is 11.8 Å². The molecule has 0 aliphatic heterocycles. The highest BCUT2D eigenvalue weighted by Gasteiger charge is 2.18. The van der Waals surface area contributed by atoms with E-state index >= 15 is 0 Å². The first-order valence-electron chi connectivity index (χ1n) is 9.57. The predicted octanol–water partition coefficient (Wildman–Crippen LogP) is 5.40. The quantitative estimate of drug-likeness (QED) is 0.349. The van der Waals surface area contributed by atoms with Gasteiger partial charge in [0.05, 0.1) is 10.2 Å². The molecule has 0 fully saturated rings. The molecule has 0 spiro atoms. The van der Waals surface area contributed by atoms with Gasteiger partial charge in [0.25, 0.3) is 5.69 Å². The van der Waals surface area contributed by atoms with Crippen molar-refractivity contribution in [3.63, 3.8) is 0 Å². The van der Waals surface area contributed by atoms with Crippen LogP contribution in [-0.4, -0.2) is 22.0 Å². The van der Waals surface area contributed by atoms with Crippen molar-refractivity contribution in [2.45, 2.75) is 51.2 Å². The second kappa shape index (κ2) is 9.75. The Morgan fingerprint density at radius 2 is 1.83 bits per heavy atom. The van der Waals surface area contributed by atoms with E-state index in [-0.39, 0.29) is 22.9 Å². The molecule has 8 heteroatoms. The van der Waals surface area contributed by atoms with E-state index in [4.69, 9.17) is 0 Å². The van der Waals surface area contributed by atoms with E-state index in [1.807, 2.05) is 45.0 Å². The predicted molar refractivity (Wildman–Crippen MR) is 121 cm³/mol. The van der Waals surface area contributed by atoms with Crippen molar-refractivity contribution < 1.29 is 14.5 Å². The molecular formula is C22H27N3O4S. The Kier molecular flexibility index (Phi) is 7.61. The van der Waals surface area contributed by atoms with Crippen LogP contribution in [0.1, 0.15) is 39.7 Å². The third kappa shape index (κ3) is 7.18. The van der Waals surface area contributed by atoms with Crippen molar-refractivity contribution in [1.29, 1.82) is 0 Å². The van der Waals surface area contributed by atoms with Crippen molar-refractivity contribution in [1.82, 2.24) is 0 Å². The molecule has 30 heavy (non-hydrogen) atoms. The number of nitrogens with one attached hydrogen (secondary N) is 2. The number of rotatable bonds is 7. The number of aryl methyl sites for hydroxylation is 1. The van der Waals surface area contributed by atoms with Crippen LogP contribution < -0.4 is 10.6 Å². The molecule has 2 aromatic carbocycles. The number of benzene rings is 2. The summed E-state index contributed by atoms with van der Waals surface area (Å²) in [5, 5.41) is 16.2. The molecule has 160 valence electrons. The molecule has 2 rings (SSSR count). The number of carbonyl (C=O) groups excluding carboxylic acids is 2. The minimum Gasteiger partial charge on any atom is -0.326 e. The van der Waals surface area contributed by atoms with Crippen LogP contribution in [0.15, 0.2) is 47.4 Å². The summed E-state index contributed by atoms with van der Waals surface area (Å²) in [5.74, 6) is -0.261. The van der Waals surface area contributed by atoms with Crippen LogP contribution in [0, 0.1) is 22.5 Å². The van der Waals surface area contributed by atoms with E-state index in [1.165, 1.54) is 30.0 Å². The van der Waals surface area contributed by atoms with Gasteiger partial charge in [0.1, 0.15) is 0 Å². The minimum atomic E-state index is -0.468. The number of amides is 2. The normalized spacial score (nSPS) is 12.2. The molecule has 0 aliphatic rings. The summed E-state index contributed by atoms with van der Waals surface area (Å²) < 4.78 is 0. The Labute approximate surface area is 180 Å². The van der Waals surface area contributed by atoms with E-state index < -0.39 is 10.2 Å². The summed E-state index contributed by atoms with van der Waals surface area (Å²) in [6, 6.07) is 11.7. The highest BCUT2D eigenvalue weighted by Crippen LogP contribution is 2.28. The smallest absolute Gasteiger partial charge is 0.269 e. The van der Waals surface area contributed by atoms with Gasteiger partial charge in [-0.05, 0) is 49.1 Å². The molecule has 2 amide bonds. The molecule has 1 unspecified atom stereocenters. The lowest BCUT2D eigenvalue weighted by molar-refractivity contribution is -0.384. The topological polar surface area (TPSA) is 101 Å². The van der Waals surface area contributed by atoms with Crippen LogP contribution in [0.3, 0.4) is 0 Å². The highest BCUT2D eigenvalue weighted by atomic mass is 32.2. The van der Waals surface area contributed by atoms with Crippen molar-refractivity contribution in [2.24, 2.45) is 5.41 Å². The monoisotopic (exact) mass is 429 g/mol. The molecule has 2 aromatic rings. The number of hydrogen-bond acceptors (Lipinski definition) is 5. The fourth-order valence-corrected chi connectivity index (χ4v) is 3.65. The van der Waals surface area contributed by atoms with E-state index in [0.717, 1.165) is 4.90 Å². The van der Waals surface area contributed by atoms with Crippen LogP contribution in [-0.2, 0) is 9.59 Å². The Bertz CT molecular complexity index is 954. The van der Waals surface area contributed by atoms with Crippen LogP contribution in [0.4, 0.5) is 17.1 Å². The third-order valence-corrected chi connectivity index (χ3v) is 5.26. The van der Waals surface area contributed by atoms with Crippen molar-refractivity contribution >= 4 is 40.6 Å². The molecular weight excluding hydrogens is 402 g/mol. The second-order valence-electron chi connectivity index (χ2n) is 8.32. The first-order chi connectivity index (χ1) is 13.9. The number of thioether (sulfide) groups is 1. The number of hydrogen-bond donors (Lipinski definition) is 2. The number of nitro benzene ring substituents is 1. The maximum atomic E-state index is 12.6. The molecule has 0 aromatic heterocycles. The Hall–Kier alpha value is -2.87. The maximum Gasteiger partial charge on any atom is 0.269 e. The Morgan fingerprint density at radius 3 is 2.43 bits per heavy atom. The number of nitrogens with zero attached hydrogens (tertiary/aromatic N) is 1. The van der Waals surface area contributed by atoms with Crippen LogP contribution in [0.25, 0.3) is 0 Å². The summed E-state index contributed by atoms with van der Waals surface area (Å²) in [7, 11) is 0. The number of nitro groups is 1. The highest BCUT2D eigenvalue weighted by molar-refractivity contribution is 8.00. The largest absolute Gasteiger partial charge is 0.326 e. The van der Waals surface area contributed by atoms with E-state index in [9.17, 15) is 19.7 Å². The van der Waals surface area contributed by atoms with Gasteiger partial charge in [-0.3, -0.25) is 19.7 Å². The lowest BCUT2D eigenvalue weighted by atomic mass is 9.92. The molecule has 1 atom stereocenters. The third-order valence-electron chi connectivity index (χ3n) is 4.17. The molecule has 0 aliphatic carbocycles. The summed E-state index contributed by atoms with van der Waals surface area (Å²) in [4.78, 5) is 36.0. The van der Waals surface area contributed by atoms with Gasteiger partial charge in [-0.1, -0.05) is 26.8 Å². The Morgan fingerprint density at radius 1 is 1.13 bits per heavy atom. The zero-order chi connectivity index (χ0) is 22.5. The maximum absolute atomic E-state index is 12.6. The molecule has 0 saturated carbocycles. The van der Waals surface area contributed by atoms with Gasteiger partial charge in [-0.2, -0.15) is 0 Å². The lowest BCUT2D eigenvalue weighted by Crippen LogP contribution is -2.23. The zero-order valence-electron chi connectivity index (χ0n) is 17.8. The van der Waals surface area contributed by atoms with Crippen molar-refractivity contribution in [3.8, 4) is 0 Å². The number of non-ortho nitro benzene ring substituents is 1. The average Bonchev–Trinajstić information content (AvgIpc) is 2.61. The van der Waals surface area contributed by atoms with E-state index in [0.29, 0.717) is 23.4 Å². The first-order valence-corrected chi connectivity index (χ1v) is 10.4. The number of carbonyl (C=O) groups is 2. The average molecular weight is 430 g/mol. The second-order valence-corrected chi connectivity index (χ2v) is 9.73. The minimum absolute atomic E-state index is 0.0155. The molecule has 0 radical (unpaired) electrons. The summed E-state index contributed by atoms with van der Waals surface area (Å²) in [6.07, 6.45) is 0.414. The van der Waals surface area contributed by atoms with Crippen molar-refractivity contribution in [2.75, 3.05) is 10.6 Å². The van der Waals surface area contributed by atoms with Gasteiger partial charge in [-0.15, -0.1) is 11.8 Å². The van der Waals surface area contributed by atoms with Crippen molar-refractivity contribution in [3.05, 3.63) is 58.1 Å². The van der Waals surface area contributed by atoms with Crippen LogP contribution in [0.5, 0.6) is 0 Å². The fraction of sp³-hybridized carbons (Fsp3) is 0.364.